The fourth-order valence-corrected chi connectivity index (χ4v) is 12.3. The maximum absolute atomic E-state index is 12.3. The van der Waals surface area contributed by atoms with E-state index in [1.165, 1.54) is 57.6 Å². The van der Waals surface area contributed by atoms with Crippen LogP contribution in [0.5, 0.6) is 0 Å². The Hall–Kier alpha value is -0.130. The fourth-order valence-electron chi connectivity index (χ4n) is 11.6. The summed E-state index contributed by atoms with van der Waals surface area (Å²) in [5.41, 5.74) is 1.22. The van der Waals surface area contributed by atoms with Gasteiger partial charge in [0.15, 0.2) is 0 Å². The van der Waals surface area contributed by atoms with E-state index in [1.54, 1.807) is 0 Å². The van der Waals surface area contributed by atoms with Gasteiger partial charge in [-0.3, -0.25) is 4.18 Å². The Morgan fingerprint density at radius 2 is 1.78 bits per heavy atom. The molecule has 0 amide bonds. The summed E-state index contributed by atoms with van der Waals surface area (Å²) in [7, 11) is -1.62. The van der Waals surface area contributed by atoms with Gasteiger partial charge in [0.2, 0.25) is 0 Å². The first-order valence-corrected chi connectivity index (χ1v) is 16.8. The molecule has 5 aliphatic carbocycles. The van der Waals surface area contributed by atoms with Crippen LogP contribution in [0.25, 0.3) is 0 Å². The highest BCUT2D eigenvalue weighted by molar-refractivity contribution is 7.86. The van der Waals surface area contributed by atoms with E-state index in [1.807, 2.05) is 21.0 Å². The molecule has 0 radical (unpaired) electrons. The Morgan fingerprint density at radius 3 is 2.36 bits per heavy atom. The molecule has 0 saturated heterocycles. The SMILES string of the molecule is [2H]C(C)(C)[C@@H](CC)C(C[C@@H](C)[C@H]1CC[C@H]2[C@@H]3CC(OC)C45CC4CC[C@]5(C)[C@H]3CC[C@]12C)OS(C)(=O)=O. The van der Waals surface area contributed by atoms with Gasteiger partial charge in [0.25, 0.3) is 10.1 Å². The summed E-state index contributed by atoms with van der Waals surface area (Å²) >= 11 is 0. The lowest BCUT2D eigenvalue weighted by Gasteiger charge is -2.61. The van der Waals surface area contributed by atoms with Crippen LogP contribution < -0.4 is 0 Å². The zero-order valence-electron chi connectivity index (χ0n) is 25.3. The fraction of sp³-hybridized carbons (Fsp3) is 1.00. The Labute approximate surface area is 223 Å². The summed E-state index contributed by atoms with van der Waals surface area (Å²) in [6.45, 7) is 13.4. The van der Waals surface area contributed by atoms with Crippen molar-refractivity contribution in [2.75, 3.05) is 13.4 Å². The van der Waals surface area contributed by atoms with Crippen LogP contribution >= 0.6 is 0 Å². The molecule has 5 saturated carbocycles. The van der Waals surface area contributed by atoms with Crippen molar-refractivity contribution in [2.24, 2.45) is 63.6 Å². The molecule has 0 aromatic rings. The van der Waals surface area contributed by atoms with Crippen molar-refractivity contribution in [3.05, 3.63) is 0 Å². The lowest BCUT2D eigenvalue weighted by molar-refractivity contribution is -0.161. The summed E-state index contributed by atoms with van der Waals surface area (Å²) in [5.74, 6) is 3.35. The molecule has 5 rings (SSSR count). The predicted octanol–water partition coefficient (Wildman–Crippen LogP) is 7.32. The average molecular weight is 524 g/mol. The van der Waals surface area contributed by atoms with Gasteiger partial charge in [-0.05, 0) is 116 Å². The number of hydrogen-bond acceptors (Lipinski definition) is 4. The van der Waals surface area contributed by atoms with E-state index in [2.05, 4.69) is 27.7 Å². The number of rotatable bonds is 9. The lowest BCUT2D eigenvalue weighted by Crippen LogP contribution is -2.57. The van der Waals surface area contributed by atoms with Crippen LogP contribution in [-0.4, -0.2) is 34.0 Å². The molecule has 12 atom stereocenters. The van der Waals surface area contributed by atoms with Gasteiger partial charge in [-0.25, -0.2) is 0 Å². The van der Waals surface area contributed by atoms with Crippen LogP contribution in [0.15, 0.2) is 0 Å². The van der Waals surface area contributed by atoms with Gasteiger partial charge in [-0.15, -0.1) is 0 Å². The highest BCUT2D eigenvalue weighted by Gasteiger charge is 2.77. The largest absolute Gasteiger partial charge is 0.381 e. The average Bonchev–Trinajstić information content (AvgIpc) is 3.28. The zero-order valence-corrected chi connectivity index (χ0v) is 25.1. The summed E-state index contributed by atoms with van der Waals surface area (Å²) in [6, 6.07) is 0. The molecule has 1 spiro atoms. The van der Waals surface area contributed by atoms with E-state index >= 15 is 0 Å². The quantitative estimate of drug-likeness (QED) is 0.297. The van der Waals surface area contributed by atoms with Crippen molar-refractivity contribution < 1.29 is 18.7 Å². The standard InChI is InChI=1S/C31H54O4S/c1-9-22(19(2)3)27(35-36(8,32)33)16-20(4)24-10-11-25-23-17-28(34-7)31-18-21(31)12-15-30(31,6)26(23)13-14-29(24,25)5/h19-28H,9-18H2,1-8H3/t20-,21?,22-,23+,24-,25+,26+,27?,28?,29-,30-,31?/m1/s1/i19D. The molecule has 208 valence electrons. The number of hydrogen-bond donors (Lipinski definition) is 0. The van der Waals surface area contributed by atoms with E-state index in [0.717, 1.165) is 36.5 Å². The van der Waals surface area contributed by atoms with E-state index in [0.29, 0.717) is 34.2 Å². The Kier molecular flexibility index (Phi) is 6.69. The maximum atomic E-state index is 12.3. The second kappa shape index (κ2) is 9.22. The smallest absolute Gasteiger partial charge is 0.264 e. The molecule has 5 heteroatoms. The third kappa shape index (κ3) is 3.98. The van der Waals surface area contributed by atoms with Crippen LogP contribution in [0.4, 0.5) is 0 Å². The second-order valence-corrected chi connectivity index (χ2v) is 16.2. The maximum Gasteiger partial charge on any atom is 0.264 e. The van der Waals surface area contributed by atoms with Crippen molar-refractivity contribution in [3.8, 4) is 0 Å². The van der Waals surface area contributed by atoms with Crippen molar-refractivity contribution in [1.82, 2.24) is 0 Å². The normalized spacial score (nSPS) is 48.7. The minimum absolute atomic E-state index is 0.115. The van der Waals surface area contributed by atoms with Crippen LogP contribution in [0.1, 0.15) is 107 Å². The molecule has 0 aromatic heterocycles. The van der Waals surface area contributed by atoms with Gasteiger partial charge in [0.05, 0.1) is 18.5 Å². The highest BCUT2D eigenvalue weighted by Crippen LogP contribution is 2.82. The first-order valence-electron chi connectivity index (χ1n) is 15.5. The molecule has 0 aromatic carbocycles. The van der Waals surface area contributed by atoms with Crippen molar-refractivity contribution in [3.63, 3.8) is 0 Å². The summed E-state index contributed by atoms with van der Waals surface area (Å²) in [6.07, 6.45) is 13.3. The monoisotopic (exact) mass is 523 g/mol. The zero-order chi connectivity index (χ0) is 27.2. The summed E-state index contributed by atoms with van der Waals surface area (Å²) in [4.78, 5) is 0. The van der Waals surface area contributed by atoms with E-state index in [4.69, 9.17) is 10.3 Å². The molecule has 4 unspecified atom stereocenters. The molecule has 0 N–H and O–H groups in total. The Balaban J connectivity index is 1.37. The van der Waals surface area contributed by atoms with Gasteiger partial charge in [0.1, 0.15) is 0 Å². The summed E-state index contributed by atoms with van der Waals surface area (Å²) in [5, 5.41) is 0. The van der Waals surface area contributed by atoms with Gasteiger partial charge in [-0.2, -0.15) is 8.42 Å². The van der Waals surface area contributed by atoms with Crippen LogP contribution in [0, 0.1) is 63.6 Å². The lowest BCUT2D eigenvalue weighted by atomic mass is 9.45. The second-order valence-electron chi connectivity index (χ2n) is 14.6. The van der Waals surface area contributed by atoms with Crippen molar-refractivity contribution >= 4 is 10.1 Å². The molecule has 0 aliphatic heterocycles. The summed E-state index contributed by atoms with van der Waals surface area (Å²) < 4.78 is 45.3. The van der Waals surface area contributed by atoms with E-state index in [9.17, 15) is 8.42 Å². The third-order valence-electron chi connectivity index (χ3n) is 13.1. The van der Waals surface area contributed by atoms with Crippen LogP contribution in [-0.2, 0) is 19.0 Å². The molecule has 0 heterocycles. The predicted molar refractivity (Wildman–Crippen MR) is 146 cm³/mol. The van der Waals surface area contributed by atoms with Gasteiger partial charge >= 0.3 is 0 Å². The molecule has 0 bridgehead atoms. The molecule has 36 heavy (non-hydrogen) atoms. The van der Waals surface area contributed by atoms with E-state index in [-0.39, 0.29) is 5.92 Å². The minimum atomic E-state index is -3.59. The molecule has 4 nitrogen and oxygen atoms in total. The minimum Gasteiger partial charge on any atom is -0.381 e. The van der Waals surface area contributed by atoms with Gasteiger partial charge in [-0.1, -0.05) is 48.0 Å². The van der Waals surface area contributed by atoms with Crippen LogP contribution in [0.3, 0.4) is 0 Å². The Morgan fingerprint density at radius 1 is 1.06 bits per heavy atom. The highest BCUT2D eigenvalue weighted by atomic mass is 32.2. The van der Waals surface area contributed by atoms with Crippen molar-refractivity contribution in [2.45, 2.75) is 118 Å². The molecule has 5 fully saturated rings. The van der Waals surface area contributed by atoms with Gasteiger partial charge in [0, 0.05) is 13.9 Å². The van der Waals surface area contributed by atoms with Crippen molar-refractivity contribution in [1.29, 1.82) is 0 Å². The molecular weight excluding hydrogens is 468 g/mol. The third-order valence-corrected chi connectivity index (χ3v) is 13.7. The van der Waals surface area contributed by atoms with E-state index < -0.39 is 22.1 Å². The first-order chi connectivity index (χ1) is 17.1. The topological polar surface area (TPSA) is 52.6 Å². The molecular formula is C31H54O4S. The number of fused-ring (bicyclic) bond motifs is 4. The molecule has 5 aliphatic rings. The van der Waals surface area contributed by atoms with Crippen LogP contribution in [0.2, 0.25) is 0 Å². The van der Waals surface area contributed by atoms with Gasteiger partial charge < -0.3 is 4.74 Å². The Bertz CT molecular complexity index is 976. The number of ether oxygens (including phenoxy) is 1. The number of methoxy groups -OCH3 is 1. The first kappa shape index (κ1) is 26.1.